The van der Waals surface area contributed by atoms with E-state index < -0.39 is 0 Å². The van der Waals surface area contributed by atoms with Gasteiger partial charge in [-0.3, -0.25) is 4.79 Å². The molecular weight excluding hydrogens is 452 g/mol. The number of ether oxygens (including phenoxy) is 1. The lowest BCUT2D eigenvalue weighted by Gasteiger charge is -2.16. The maximum Gasteiger partial charge on any atom is 0.252 e. The average Bonchev–Trinajstić information content (AvgIpc) is 2.79. The molecule has 5 heteroatoms. The number of pyridine rings is 1. The van der Waals surface area contributed by atoms with Crippen molar-refractivity contribution in [3.8, 4) is 17.0 Å². The van der Waals surface area contributed by atoms with Gasteiger partial charge in [0.25, 0.3) is 5.91 Å². The number of benzene rings is 3. The highest BCUT2D eigenvalue weighted by Crippen LogP contribution is 2.27. The van der Waals surface area contributed by atoms with Gasteiger partial charge in [-0.05, 0) is 67.9 Å². The number of amides is 1. The van der Waals surface area contributed by atoms with E-state index in [-0.39, 0.29) is 11.9 Å². The van der Waals surface area contributed by atoms with Gasteiger partial charge in [0, 0.05) is 15.4 Å². The maximum atomic E-state index is 13.3. The lowest BCUT2D eigenvalue weighted by Crippen LogP contribution is -2.27. The molecule has 1 heterocycles. The summed E-state index contributed by atoms with van der Waals surface area (Å²) in [5.74, 6) is 0.689. The summed E-state index contributed by atoms with van der Waals surface area (Å²) in [6.07, 6.45) is 0. The number of halogens is 1. The van der Waals surface area contributed by atoms with Crippen LogP contribution in [0.15, 0.2) is 83.3 Å². The van der Waals surface area contributed by atoms with Crippen molar-refractivity contribution in [2.75, 3.05) is 6.61 Å². The topological polar surface area (TPSA) is 51.2 Å². The molecule has 0 aliphatic heterocycles. The Bertz CT molecular complexity index is 1200. The predicted molar refractivity (Wildman–Crippen MR) is 128 cm³/mol. The van der Waals surface area contributed by atoms with Crippen molar-refractivity contribution in [3.05, 3.63) is 94.5 Å². The fraction of sp³-hybridized carbons (Fsp3) is 0.154. The molecule has 0 saturated carbocycles. The van der Waals surface area contributed by atoms with Crippen LogP contribution in [0.4, 0.5) is 0 Å². The van der Waals surface area contributed by atoms with Crippen LogP contribution in [0.2, 0.25) is 0 Å². The number of hydrogen-bond acceptors (Lipinski definition) is 3. The van der Waals surface area contributed by atoms with Crippen molar-refractivity contribution in [3.63, 3.8) is 0 Å². The monoisotopic (exact) mass is 474 g/mol. The summed E-state index contributed by atoms with van der Waals surface area (Å²) >= 11 is 3.45. The summed E-state index contributed by atoms with van der Waals surface area (Å²) in [6, 6.07) is 25.2. The lowest BCUT2D eigenvalue weighted by atomic mass is 10.0. The minimum atomic E-state index is -0.124. The maximum absolute atomic E-state index is 13.3. The van der Waals surface area contributed by atoms with Gasteiger partial charge in [-0.25, -0.2) is 4.98 Å². The highest BCUT2D eigenvalue weighted by atomic mass is 79.9. The molecule has 1 N–H and O–H groups in total. The Morgan fingerprint density at radius 1 is 1.03 bits per heavy atom. The molecule has 4 rings (SSSR count). The Hall–Kier alpha value is -3.18. The van der Waals surface area contributed by atoms with E-state index in [1.54, 1.807) is 0 Å². The van der Waals surface area contributed by atoms with Gasteiger partial charge in [0.1, 0.15) is 5.75 Å². The first-order chi connectivity index (χ1) is 15.0. The van der Waals surface area contributed by atoms with Gasteiger partial charge in [0.2, 0.25) is 0 Å². The molecule has 0 saturated heterocycles. The van der Waals surface area contributed by atoms with Crippen molar-refractivity contribution in [2.24, 2.45) is 0 Å². The van der Waals surface area contributed by atoms with E-state index in [1.165, 1.54) is 0 Å². The molecule has 0 spiro atoms. The normalized spacial score (nSPS) is 11.8. The first-order valence-electron chi connectivity index (χ1n) is 10.2. The van der Waals surface area contributed by atoms with Gasteiger partial charge in [-0.15, -0.1) is 0 Å². The Morgan fingerprint density at radius 3 is 2.45 bits per heavy atom. The highest BCUT2D eigenvalue weighted by molar-refractivity contribution is 9.10. The zero-order valence-electron chi connectivity index (χ0n) is 17.4. The largest absolute Gasteiger partial charge is 0.494 e. The zero-order chi connectivity index (χ0) is 21.8. The number of nitrogens with zero attached hydrogens (tertiary/aromatic N) is 1. The number of rotatable bonds is 6. The molecule has 0 radical (unpaired) electrons. The SMILES string of the molecule is CCOc1ccc(-c2cc(C(=O)NC(C)c3ccc(Br)cc3)c3ccccc3n2)cc1. The molecular formula is C26H23BrN2O2. The number of carbonyl (C=O) groups is 1. The van der Waals surface area contributed by atoms with Crippen LogP contribution in [-0.2, 0) is 0 Å². The molecule has 0 fully saturated rings. The second-order valence-corrected chi connectivity index (χ2v) is 8.19. The minimum absolute atomic E-state index is 0.124. The fourth-order valence-corrected chi connectivity index (χ4v) is 3.77. The van der Waals surface area contributed by atoms with E-state index in [2.05, 4.69) is 21.2 Å². The Morgan fingerprint density at radius 2 is 1.74 bits per heavy atom. The number of para-hydroxylation sites is 1. The molecule has 1 unspecified atom stereocenters. The van der Waals surface area contributed by atoms with Gasteiger partial charge in [-0.1, -0.05) is 46.3 Å². The van der Waals surface area contributed by atoms with Gasteiger partial charge >= 0.3 is 0 Å². The number of hydrogen-bond donors (Lipinski definition) is 1. The van der Waals surface area contributed by atoms with Crippen LogP contribution in [0.3, 0.4) is 0 Å². The predicted octanol–water partition coefficient (Wildman–Crippen LogP) is 6.55. The van der Waals surface area contributed by atoms with Crippen LogP contribution in [0.1, 0.15) is 35.8 Å². The molecule has 1 amide bonds. The van der Waals surface area contributed by atoms with Gasteiger partial charge < -0.3 is 10.1 Å². The first kappa shape index (κ1) is 21.1. The van der Waals surface area contributed by atoms with Gasteiger partial charge in [-0.2, -0.15) is 0 Å². The van der Waals surface area contributed by atoms with E-state index in [0.717, 1.165) is 37.9 Å². The Kier molecular flexibility index (Phi) is 6.33. The quantitative estimate of drug-likeness (QED) is 0.344. The Balaban J connectivity index is 1.69. The van der Waals surface area contributed by atoms with Crippen LogP contribution in [0.5, 0.6) is 5.75 Å². The molecule has 1 aromatic heterocycles. The number of nitrogens with one attached hydrogen (secondary N) is 1. The second-order valence-electron chi connectivity index (χ2n) is 7.28. The highest BCUT2D eigenvalue weighted by Gasteiger charge is 2.16. The van der Waals surface area contributed by atoms with E-state index in [4.69, 9.17) is 9.72 Å². The molecule has 0 aliphatic carbocycles. The van der Waals surface area contributed by atoms with Crippen molar-refractivity contribution < 1.29 is 9.53 Å². The summed E-state index contributed by atoms with van der Waals surface area (Å²) in [5, 5.41) is 3.96. The van der Waals surface area contributed by atoms with Crippen molar-refractivity contribution in [2.45, 2.75) is 19.9 Å². The third kappa shape index (κ3) is 4.78. The minimum Gasteiger partial charge on any atom is -0.494 e. The third-order valence-corrected chi connectivity index (χ3v) is 5.67. The fourth-order valence-electron chi connectivity index (χ4n) is 3.51. The van der Waals surface area contributed by atoms with Gasteiger partial charge in [0.15, 0.2) is 0 Å². The summed E-state index contributed by atoms with van der Waals surface area (Å²) in [5.41, 5.74) is 4.13. The van der Waals surface area contributed by atoms with Crippen LogP contribution in [0, 0.1) is 0 Å². The van der Waals surface area contributed by atoms with Crippen LogP contribution in [-0.4, -0.2) is 17.5 Å². The Labute approximate surface area is 190 Å². The summed E-state index contributed by atoms with van der Waals surface area (Å²) in [7, 11) is 0. The van der Waals surface area contributed by atoms with E-state index >= 15 is 0 Å². The molecule has 0 aliphatic rings. The molecule has 31 heavy (non-hydrogen) atoms. The van der Waals surface area contributed by atoms with Crippen molar-refractivity contribution in [1.29, 1.82) is 0 Å². The number of aromatic nitrogens is 1. The third-order valence-electron chi connectivity index (χ3n) is 5.14. The van der Waals surface area contributed by atoms with E-state index in [0.29, 0.717) is 12.2 Å². The van der Waals surface area contributed by atoms with E-state index in [9.17, 15) is 4.79 Å². The van der Waals surface area contributed by atoms with E-state index in [1.807, 2.05) is 92.7 Å². The summed E-state index contributed by atoms with van der Waals surface area (Å²) in [4.78, 5) is 18.0. The van der Waals surface area contributed by atoms with Gasteiger partial charge in [0.05, 0.1) is 29.4 Å². The standard InChI is InChI=1S/C26H23BrN2O2/c1-3-31-21-14-10-19(11-15-21)25-16-23(22-6-4-5-7-24(22)29-25)26(30)28-17(2)18-8-12-20(27)13-9-18/h4-17H,3H2,1-2H3,(H,28,30). The van der Waals surface area contributed by atoms with Crippen molar-refractivity contribution >= 4 is 32.7 Å². The molecule has 3 aromatic carbocycles. The van der Waals surface area contributed by atoms with Crippen molar-refractivity contribution in [1.82, 2.24) is 10.3 Å². The lowest BCUT2D eigenvalue weighted by molar-refractivity contribution is 0.0941. The second kappa shape index (κ2) is 9.31. The molecule has 4 aromatic rings. The number of fused-ring (bicyclic) bond motifs is 1. The first-order valence-corrected chi connectivity index (χ1v) is 11.0. The molecule has 1 atom stereocenters. The van der Waals surface area contributed by atoms with Crippen LogP contribution < -0.4 is 10.1 Å². The summed E-state index contributed by atoms with van der Waals surface area (Å²) in [6.45, 7) is 4.56. The molecule has 156 valence electrons. The van der Waals surface area contributed by atoms with Crippen LogP contribution in [0.25, 0.3) is 22.2 Å². The molecule has 4 nitrogen and oxygen atoms in total. The van der Waals surface area contributed by atoms with Crippen LogP contribution >= 0.6 is 15.9 Å². The average molecular weight is 475 g/mol. The molecule has 0 bridgehead atoms. The number of carbonyl (C=O) groups excluding carboxylic acids is 1. The summed E-state index contributed by atoms with van der Waals surface area (Å²) < 4.78 is 6.54. The zero-order valence-corrected chi connectivity index (χ0v) is 19.0. The smallest absolute Gasteiger partial charge is 0.252 e.